The number of carbonyl (C=O) groups excluding carboxylic acids is 1. The molecule has 1 unspecified atom stereocenters. The van der Waals surface area contributed by atoms with Crippen LogP contribution in [0.4, 0.5) is 23.7 Å². The molecule has 0 aliphatic rings. The monoisotopic (exact) mass is 519 g/mol. The number of thiophene rings is 1. The third-order valence-electron chi connectivity index (χ3n) is 4.88. The average molecular weight is 520 g/mol. The van der Waals surface area contributed by atoms with Crippen molar-refractivity contribution in [3.05, 3.63) is 40.0 Å². The van der Waals surface area contributed by atoms with Gasteiger partial charge in [0.2, 0.25) is 0 Å². The first kappa shape index (κ1) is 28.0. The van der Waals surface area contributed by atoms with Gasteiger partial charge in [-0.05, 0) is 55.0 Å². The molecule has 11 heteroatoms. The van der Waals surface area contributed by atoms with E-state index in [0.29, 0.717) is 21.7 Å². The number of alkyl halides is 2. The van der Waals surface area contributed by atoms with Gasteiger partial charge in [0.25, 0.3) is 0 Å². The maximum Gasteiger partial charge on any atom is 0.387 e. The maximum atomic E-state index is 14.5. The van der Waals surface area contributed by atoms with E-state index in [-0.39, 0.29) is 21.8 Å². The fourth-order valence-corrected chi connectivity index (χ4v) is 5.81. The van der Waals surface area contributed by atoms with Gasteiger partial charge in [-0.25, -0.2) is 9.18 Å². The second kappa shape index (κ2) is 10.6. The molecular formula is C23H32F3N3O3S2. The van der Waals surface area contributed by atoms with Crippen LogP contribution in [0.15, 0.2) is 22.4 Å². The molecule has 0 bridgehead atoms. The number of nitrogens with two attached hydrogens (primary N) is 1. The predicted octanol–water partition coefficient (Wildman–Crippen LogP) is 6.01. The van der Waals surface area contributed by atoms with E-state index in [1.54, 1.807) is 0 Å². The van der Waals surface area contributed by atoms with Crippen LogP contribution in [-0.2, 0) is 5.60 Å². The lowest BCUT2D eigenvalue weighted by Crippen LogP contribution is -2.29. The van der Waals surface area contributed by atoms with E-state index in [9.17, 15) is 23.1 Å². The van der Waals surface area contributed by atoms with E-state index in [1.165, 1.54) is 37.5 Å². The molecule has 190 valence electrons. The van der Waals surface area contributed by atoms with Crippen molar-refractivity contribution >= 4 is 43.8 Å². The van der Waals surface area contributed by atoms with E-state index in [4.69, 9.17) is 5.14 Å². The number of carbonyl (C=O) groups is 1. The summed E-state index contributed by atoms with van der Waals surface area (Å²) >= 11 is 0.995. The number of hydrogen-bond acceptors (Lipinski definition) is 5. The minimum Gasteiger partial charge on any atom is -0.435 e. The molecule has 0 radical (unpaired) electrons. The Morgan fingerprint density at radius 2 is 1.74 bits per heavy atom. The van der Waals surface area contributed by atoms with Crippen LogP contribution in [0.3, 0.4) is 0 Å². The van der Waals surface area contributed by atoms with Gasteiger partial charge in [-0.1, -0.05) is 33.6 Å². The fourth-order valence-electron chi connectivity index (χ4n) is 3.16. The second-order valence-corrected chi connectivity index (χ2v) is 12.7. The molecule has 1 aromatic heterocycles. The Kier molecular flexibility index (Phi) is 8.73. The Balaban J connectivity index is 2.38. The van der Waals surface area contributed by atoms with Gasteiger partial charge in [0.1, 0.15) is 11.6 Å². The van der Waals surface area contributed by atoms with Crippen molar-refractivity contribution in [3.63, 3.8) is 0 Å². The van der Waals surface area contributed by atoms with E-state index >= 15 is 0 Å². The average Bonchev–Trinajstić information content (AvgIpc) is 3.09. The molecule has 2 rings (SSSR count). The zero-order valence-electron chi connectivity index (χ0n) is 20.0. The van der Waals surface area contributed by atoms with Crippen LogP contribution in [0.2, 0.25) is 0 Å². The van der Waals surface area contributed by atoms with Gasteiger partial charge < -0.3 is 20.5 Å². The van der Waals surface area contributed by atoms with Gasteiger partial charge in [-0.15, -0.1) is 20.7 Å². The summed E-state index contributed by atoms with van der Waals surface area (Å²) in [5.41, 5.74) is 1.72. The van der Waals surface area contributed by atoms with Crippen LogP contribution >= 0.6 is 20.7 Å². The summed E-state index contributed by atoms with van der Waals surface area (Å²) in [5, 5.41) is 21.7. The molecule has 0 aliphatic carbocycles. The van der Waals surface area contributed by atoms with Crippen molar-refractivity contribution in [2.24, 2.45) is 5.14 Å². The molecule has 1 aromatic carbocycles. The Morgan fingerprint density at radius 1 is 1.21 bits per heavy atom. The third-order valence-corrected chi connectivity index (χ3v) is 8.71. The molecule has 2 aromatic rings. The highest BCUT2D eigenvalue weighted by Crippen LogP contribution is 2.40. The molecule has 0 fully saturated rings. The zero-order valence-corrected chi connectivity index (χ0v) is 21.7. The quantitative estimate of drug-likeness (QED) is 0.321. The maximum absolute atomic E-state index is 14.5. The van der Waals surface area contributed by atoms with Gasteiger partial charge in [0.05, 0.1) is 9.81 Å². The number of aliphatic hydroxyl groups is 1. The van der Waals surface area contributed by atoms with Gasteiger partial charge in [-0.3, -0.25) is 5.14 Å². The summed E-state index contributed by atoms with van der Waals surface area (Å²) in [6.45, 7) is 7.56. The van der Waals surface area contributed by atoms with Gasteiger partial charge in [0.15, 0.2) is 0 Å². The van der Waals surface area contributed by atoms with Crippen molar-refractivity contribution in [2.75, 3.05) is 5.32 Å². The molecular weight excluding hydrogens is 487 g/mol. The normalized spacial score (nSPS) is 13.8. The molecule has 0 saturated carbocycles. The largest absolute Gasteiger partial charge is 0.435 e. The standard InChI is InChI=1S/C23H32F3N3O3S2/c1-12(2)15-8-14(32-21(25)26)9-16(13(3)4)19(15)29-22(30)28-11-34(7,27)20-17(24)10-18(33-20)23(5,6)31/h8-13,21,31H,7,27H2,1-6H3,(H2,28,29,30). The zero-order chi connectivity index (χ0) is 26.0. The first-order valence-electron chi connectivity index (χ1n) is 10.5. The van der Waals surface area contributed by atoms with E-state index in [2.05, 4.69) is 21.2 Å². The van der Waals surface area contributed by atoms with Crippen LogP contribution < -0.4 is 20.5 Å². The summed E-state index contributed by atoms with van der Waals surface area (Å²) in [6.07, 6.45) is 0. The number of amides is 2. The number of nitrogens with one attached hydrogen (secondary N) is 2. The third kappa shape index (κ3) is 6.91. The Labute approximate surface area is 202 Å². The number of ether oxygens (including phenoxy) is 1. The van der Waals surface area contributed by atoms with E-state index < -0.39 is 33.5 Å². The van der Waals surface area contributed by atoms with Crippen LogP contribution in [-0.4, -0.2) is 29.1 Å². The second-order valence-electron chi connectivity index (χ2n) is 9.04. The van der Waals surface area contributed by atoms with Gasteiger partial charge >= 0.3 is 12.6 Å². The number of rotatable bonds is 8. The number of urea groups is 1. The predicted molar refractivity (Wildman–Crippen MR) is 136 cm³/mol. The molecule has 34 heavy (non-hydrogen) atoms. The summed E-state index contributed by atoms with van der Waals surface area (Å²) < 4.78 is 44.8. The van der Waals surface area contributed by atoms with Crippen molar-refractivity contribution in [2.45, 2.75) is 69.8 Å². The number of benzene rings is 1. The fraction of sp³-hybridized carbons (Fsp3) is 0.435. The molecule has 2 amide bonds. The number of anilines is 1. The number of hydrogen-bond donors (Lipinski definition) is 4. The van der Waals surface area contributed by atoms with E-state index in [0.717, 1.165) is 11.3 Å². The lowest BCUT2D eigenvalue weighted by Gasteiger charge is -2.22. The SMILES string of the molecule is C=S(N)(=CNC(=O)Nc1c(C(C)C)cc(OC(F)F)cc1C(C)C)c1sc(C(C)(C)O)cc1F. The summed E-state index contributed by atoms with van der Waals surface area (Å²) in [4.78, 5) is 13.1. The van der Waals surface area contributed by atoms with E-state index in [1.807, 2.05) is 27.7 Å². The molecule has 1 atom stereocenters. The highest BCUT2D eigenvalue weighted by Gasteiger charge is 2.23. The smallest absolute Gasteiger partial charge is 0.387 e. The van der Waals surface area contributed by atoms with Crippen molar-refractivity contribution in [1.82, 2.24) is 5.32 Å². The summed E-state index contributed by atoms with van der Waals surface area (Å²) in [5.74, 6) is 3.07. The van der Waals surface area contributed by atoms with Crippen molar-refractivity contribution in [3.8, 4) is 5.75 Å². The van der Waals surface area contributed by atoms with Crippen LogP contribution in [0.5, 0.6) is 5.75 Å². The molecule has 0 aliphatic heterocycles. The molecule has 6 nitrogen and oxygen atoms in total. The highest BCUT2D eigenvalue weighted by atomic mass is 32.2. The Hall–Kier alpha value is -2.21. The summed E-state index contributed by atoms with van der Waals surface area (Å²) in [7, 11) is -2.61. The summed E-state index contributed by atoms with van der Waals surface area (Å²) in [6, 6.07) is 3.51. The Bertz CT molecular complexity index is 1130. The minimum atomic E-state index is -2.97. The van der Waals surface area contributed by atoms with Crippen LogP contribution in [0.1, 0.15) is 69.4 Å². The first-order valence-corrected chi connectivity index (χ1v) is 13.3. The molecule has 5 N–H and O–H groups in total. The van der Waals surface area contributed by atoms with Crippen molar-refractivity contribution < 1.29 is 27.8 Å². The lowest BCUT2D eigenvalue weighted by molar-refractivity contribution is -0.0499. The molecule has 0 saturated heterocycles. The Morgan fingerprint density at radius 3 is 2.15 bits per heavy atom. The molecule has 0 spiro atoms. The van der Waals surface area contributed by atoms with Gasteiger partial charge in [0, 0.05) is 16.1 Å². The van der Waals surface area contributed by atoms with Gasteiger partial charge in [-0.2, -0.15) is 8.78 Å². The minimum absolute atomic E-state index is 0.0129. The van der Waals surface area contributed by atoms with Crippen LogP contribution in [0, 0.1) is 5.82 Å². The number of halogens is 3. The molecule has 1 heterocycles. The lowest BCUT2D eigenvalue weighted by atomic mass is 9.92. The van der Waals surface area contributed by atoms with Crippen LogP contribution in [0.25, 0.3) is 0 Å². The topological polar surface area (TPSA) is 96.6 Å². The van der Waals surface area contributed by atoms with Crippen molar-refractivity contribution in [1.29, 1.82) is 0 Å². The first-order chi connectivity index (χ1) is 15.5. The highest BCUT2D eigenvalue weighted by molar-refractivity contribution is 8.27.